The fourth-order valence-corrected chi connectivity index (χ4v) is 2.04. The molecule has 3 unspecified atom stereocenters. The molecule has 0 fully saturated rings. The van der Waals surface area contributed by atoms with Crippen LogP contribution in [0.3, 0.4) is 0 Å². The van der Waals surface area contributed by atoms with E-state index >= 15 is 0 Å². The second-order valence-electron chi connectivity index (χ2n) is 5.49. The van der Waals surface area contributed by atoms with Crippen molar-refractivity contribution < 1.29 is 29.4 Å². The third-order valence-corrected chi connectivity index (χ3v) is 3.74. The van der Waals surface area contributed by atoms with Gasteiger partial charge in [0.25, 0.3) is 0 Å². The number of aliphatic hydroxyl groups is 1. The Balaban J connectivity index is 4.91. The van der Waals surface area contributed by atoms with Gasteiger partial charge in [-0.1, -0.05) is 0 Å². The van der Waals surface area contributed by atoms with Crippen LogP contribution in [0.15, 0.2) is 0 Å². The summed E-state index contributed by atoms with van der Waals surface area (Å²) in [4.78, 5) is 46.5. The summed E-state index contributed by atoms with van der Waals surface area (Å²) in [7, 11) is 0. The summed E-state index contributed by atoms with van der Waals surface area (Å²) < 4.78 is 0. The molecule has 11 nitrogen and oxygen atoms in total. The maximum absolute atomic E-state index is 12.4. The second-order valence-corrected chi connectivity index (χ2v) is 5.86. The number of carboxylic acids is 1. The SMILES string of the molecule is NCCCCC(NC(=O)C(N)CS)C(=O)NC(CO)C(=O)NCC(=O)O. The maximum Gasteiger partial charge on any atom is 0.322 e. The van der Waals surface area contributed by atoms with Gasteiger partial charge in [0, 0.05) is 5.75 Å². The van der Waals surface area contributed by atoms with E-state index < -0.39 is 55.0 Å². The summed E-state index contributed by atoms with van der Waals surface area (Å²) in [5.74, 6) is -3.33. The van der Waals surface area contributed by atoms with Crippen LogP contribution < -0.4 is 27.4 Å². The third kappa shape index (κ3) is 9.56. The van der Waals surface area contributed by atoms with Crippen molar-refractivity contribution in [3.63, 3.8) is 0 Å². The molecule has 0 spiro atoms. The van der Waals surface area contributed by atoms with E-state index in [1.165, 1.54) is 0 Å². The van der Waals surface area contributed by atoms with Crippen LogP contribution in [0.4, 0.5) is 0 Å². The first kappa shape index (κ1) is 24.1. The number of carbonyl (C=O) groups is 4. The van der Waals surface area contributed by atoms with E-state index in [-0.39, 0.29) is 12.2 Å². The normalized spacial score (nSPS) is 14.0. The van der Waals surface area contributed by atoms with Crippen molar-refractivity contribution in [2.45, 2.75) is 37.4 Å². The lowest BCUT2D eigenvalue weighted by Crippen LogP contribution is -2.57. The Morgan fingerprint density at radius 3 is 2.12 bits per heavy atom. The van der Waals surface area contributed by atoms with E-state index in [0.29, 0.717) is 19.4 Å². The first-order valence-corrected chi connectivity index (χ1v) is 8.67. The zero-order valence-electron chi connectivity index (χ0n) is 14.3. The van der Waals surface area contributed by atoms with Gasteiger partial charge in [0.1, 0.15) is 18.6 Å². The van der Waals surface area contributed by atoms with E-state index in [1.54, 1.807) is 0 Å². The van der Waals surface area contributed by atoms with Crippen molar-refractivity contribution in [2.24, 2.45) is 11.5 Å². The summed E-state index contributed by atoms with van der Waals surface area (Å²) in [6.45, 7) is -0.981. The van der Waals surface area contributed by atoms with Gasteiger partial charge < -0.3 is 37.6 Å². The summed E-state index contributed by atoms with van der Waals surface area (Å²) >= 11 is 3.92. The van der Waals surface area contributed by atoms with Gasteiger partial charge in [0.15, 0.2) is 0 Å². The molecule has 26 heavy (non-hydrogen) atoms. The van der Waals surface area contributed by atoms with Gasteiger partial charge in [-0.2, -0.15) is 12.6 Å². The molecule has 0 aliphatic rings. The molecule has 3 amide bonds. The second kappa shape index (κ2) is 13.3. The number of unbranched alkanes of at least 4 members (excludes halogenated alkanes) is 1. The van der Waals surface area contributed by atoms with Crippen LogP contribution in [0.1, 0.15) is 19.3 Å². The Labute approximate surface area is 156 Å². The minimum Gasteiger partial charge on any atom is -0.480 e. The van der Waals surface area contributed by atoms with Crippen molar-refractivity contribution >= 4 is 36.3 Å². The number of amides is 3. The predicted octanol–water partition coefficient (Wildman–Crippen LogP) is -3.46. The molecule has 0 heterocycles. The molecular weight excluding hydrogens is 366 g/mol. The Bertz CT molecular complexity index is 492. The van der Waals surface area contributed by atoms with Crippen molar-refractivity contribution in [1.29, 1.82) is 0 Å². The van der Waals surface area contributed by atoms with Gasteiger partial charge >= 0.3 is 5.97 Å². The number of nitrogens with two attached hydrogens (primary N) is 2. The number of nitrogens with one attached hydrogen (secondary N) is 3. The number of carboxylic acid groups (broad SMARTS) is 1. The molecule has 0 saturated carbocycles. The monoisotopic (exact) mass is 393 g/mol. The van der Waals surface area contributed by atoms with Crippen LogP contribution in [-0.4, -0.2) is 77.5 Å². The summed E-state index contributed by atoms with van der Waals surface area (Å²) in [6.07, 6.45) is 1.42. The highest BCUT2D eigenvalue weighted by Gasteiger charge is 2.27. The lowest BCUT2D eigenvalue weighted by atomic mass is 10.1. The number of aliphatic carboxylic acids is 1. The zero-order valence-corrected chi connectivity index (χ0v) is 15.2. The standard InChI is InChI=1S/C14H27N5O6S/c15-4-2-1-3-9(18-12(23)8(16)7-26)14(25)19-10(6-20)13(24)17-5-11(21)22/h8-10,20,26H,1-7,15-16H2,(H,17,24)(H,18,23)(H,19,25)(H,21,22). The molecule has 0 aliphatic heterocycles. The molecule has 150 valence electrons. The largest absolute Gasteiger partial charge is 0.480 e. The smallest absolute Gasteiger partial charge is 0.322 e. The van der Waals surface area contributed by atoms with Crippen LogP contribution in [0.2, 0.25) is 0 Å². The average Bonchev–Trinajstić information content (AvgIpc) is 2.62. The molecular formula is C14H27N5O6S. The van der Waals surface area contributed by atoms with Gasteiger partial charge in [-0.3, -0.25) is 19.2 Å². The van der Waals surface area contributed by atoms with Crippen LogP contribution in [0.5, 0.6) is 0 Å². The van der Waals surface area contributed by atoms with Gasteiger partial charge in [0.05, 0.1) is 12.6 Å². The van der Waals surface area contributed by atoms with Gasteiger partial charge in [0.2, 0.25) is 17.7 Å². The highest BCUT2D eigenvalue weighted by Crippen LogP contribution is 2.02. The topological polar surface area (TPSA) is 197 Å². The number of rotatable bonds is 13. The van der Waals surface area contributed by atoms with Crippen molar-refractivity contribution in [2.75, 3.05) is 25.4 Å². The quantitative estimate of drug-likeness (QED) is 0.117. The number of aliphatic hydroxyl groups excluding tert-OH is 1. The molecule has 0 rings (SSSR count). The summed E-state index contributed by atoms with van der Waals surface area (Å²) in [5.41, 5.74) is 11.0. The molecule has 0 radical (unpaired) electrons. The first-order chi connectivity index (χ1) is 12.3. The molecule has 12 heteroatoms. The number of hydrogen-bond donors (Lipinski definition) is 8. The Kier molecular flexibility index (Phi) is 12.4. The molecule has 0 aromatic heterocycles. The first-order valence-electron chi connectivity index (χ1n) is 8.04. The molecule has 0 saturated heterocycles. The van der Waals surface area contributed by atoms with Gasteiger partial charge in [-0.15, -0.1) is 0 Å². The van der Waals surface area contributed by atoms with Gasteiger partial charge in [-0.25, -0.2) is 0 Å². The third-order valence-electron chi connectivity index (χ3n) is 3.34. The average molecular weight is 393 g/mol. The molecule has 0 bridgehead atoms. The predicted molar refractivity (Wildman–Crippen MR) is 96.3 cm³/mol. The molecule has 3 atom stereocenters. The van der Waals surface area contributed by atoms with Crippen molar-refractivity contribution in [3.05, 3.63) is 0 Å². The van der Waals surface area contributed by atoms with E-state index in [1.807, 2.05) is 0 Å². The Hall–Kier alpha value is -1.89. The Morgan fingerprint density at radius 1 is 1.00 bits per heavy atom. The molecule has 0 aromatic carbocycles. The minimum absolute atomic E-state index is 0.0832. The number of hydrogen-bond acceptors (Lipinski definition) is 8. The lowest BCUT2D eigenvalue weighted by Gasteiger charge is -2.23. The van der Waals surface area contributed by atoms with Crippen LogP contribution in [-0.2, 0) is 19.2 Å². The van der Waals surface area contributed by atoms with Crippen LogP contribution in [0, 0.1) is 0 Å². The molecule has 9 N–H and O–H groups in total. The fraction of sp³-hybridized carbons (Fsp3) is 0.714. The highest BCUT2D eigenvalue weighted by atomic mass is 32.1. The fourth-order valence-electron chi connectivity index (χ4n) is 1.88. The van der Waals surface area contributed by atoms with Crippen molar-refractivity contribution in [3.8, 4) is 0 Å². The van der Waals surface area contributed by atoms with E-state index in [0.717, 1.165) is 0 Å². The molecule has 0 aliphatic carbocycles. The van der Waals surface area contributed by atoms with E-state index in [4.69, 9.17) is 16.6 Å². The van der Waals surface area contributed by atoms with Gasteiger partial charge in [-0.05, 0) is 25.8 Å². The van der Waals surface area contributed by atoms with Crippen LogP contribution in [0.25, 0.3) is 0 Å². The Morgan fingerprint density at radius 2 is 1.62 bits per heavy atom. The lowest BCUT2D eigenvalue weighted by molar-refractivity contribution is -0.139. The van der Waals surface area contributed by atoms with Crippen molar-refractivity contribution in [1.82, 2.24) is 16.0 Å². The minimum atomic E-state index is -1.35. The number of thiol groups is 1. The molecule has 0 aromatic rings. The number of carbonyl (C=O) groups excluding carboxylic acids is 3. The highest BCUT2D eigenvalue weighted by molar-refractivity contribution is 7.80. The van der Waals surface area contributed by atoms with E-state index in [2.05, 4.69) is 28.6 Å². The zero-order chi connectivity index (χ0) is 20.1. The summed E-state index contributed by atoms with van der Waals surface area (Å²) in [6, 6.07) is -3.24. The maximum atomic E-state index is 12.4. The van der Waals surface area contributed by atoms with Crippen LogP contribution >= 0.6 is 12.6 Å². The van der Waals surface area contributed by atoms with E-state index in [9.17, 15) is 24.3 Å². The summed E-state index contributed by atoms with van der Waals surface area (Å²) in [5, 5.41) is 24.6.